The Labute approximate surface area is 91.4 Å². The van der Waals surface area contributed by atoms with Crippen LogP contribution in [0.2, 0.25) is 0 Å². The van der Waals surface area contributed by atoms with Crippen LogP contribution in [0.1, 0.15) is 25.3 Å². The molecule has 2 aromatic rings. The maximum atomic E-state index is 12.2. The normalized spacial score (nSPS) is 11.6. The summed E-state index contributed by atoms with van der Waals surface area (Å²) in [4.78, 5) is 6.90. The Kier molecular flexibility index (Phi) is 2.77. The maximum absolute atomic E-state index is 12.2. The van der Waals surface area contributed by atoms with Gasteiger partial charge in [-0.15, -0.1) is 0 Å². The highest BCUT2D eigenvalue weighted by Gasteiger charge is 2.15. The number of alkyl halides is 2. The minimum atomic E-state index is -2.85. The van der Waals surface area contributed by atoms with Crippen molar-refractivity contribution in [1.82, 2.24) is 9.97 Å². The van der Waals surface area contributed by atoms with Crippen LogP contribution in [0.25, 0.3) is 11.0 Å². The van der Waals surface area contributed by atoms with Gasteiger partial charge < -0.3 is 9.72 Å². The molecule has 0 saturated carbocycles. The summed E-state index contributed by atoms with van der Waals surface area (Å²) in [5.74, 6) is 0.0838. The fourth-order valence-corrected chi connectivity index (χ4v) is 1.57. The number of nitrogens with zero attached hydrogens (tertiary/aromatic N) is 1. The molecule has 0 atom stereocenters. The van der Waals surface area contributed by atoms with Crippen molar-refractivity contribution in [3.63, 3.8) is 0 Å². The van der Waals surface area contributed by atoms with E-state index in [4.69, 9.17) is 0 Å². The summed E-state index contributed by atoms with van der Waals surface area (Å²) in [5, 5.41) is 0.894. The summed E-state index contributed by atoms with van der Waals surface area (Å²) in [6.07, 6.45) is 1.72. The number of halogens is 2. The number of hydrogen-bond donors (Lipinski definition) is 1. The summed E-state index contributed by atoms with van der Waals surface area (Å²) in [6, 6.07) is 3.67. The predicted molar refractivity (Wildman–Crippen MR) is 56.8 cm³/mol. The molecule has 2 rings (SSSR count). The van der Waals surface area contributed by atoms with Crippen molar-refractivity contribution in [2.45, 2.75) is 26.4 Å². The molecule has 5 heteroatoms. The summed E-state index contributed by atoms with van der Waals surface area (Å²) in [6.45, 7) is 0.971. The quantitative estimate of drug-likeness (QED) is 0.872. The van der Waals surface area contributed by atoms with Crippen LogP contribution in [0.5, 0.6) is 5.88 Å². The SMILES string of the molecule is CC(C)c1cc2cc[nH]c2nc1OC(F)F. The lowest BCUT2D eigenvalue weighted by Crippen LogP contribution is -2.07. The Balaban J connectivity index is 2.53. The molecule has 0 aromatic carbocycles. The highest BCUT2D eigenvalue weighted by atomic mass is 19.3. The van der Waals surface area contributed by atoms with Crippen LogP contribution in [0.3, 0.4) is 0 Å². The summed E-state index contributed by atoms with van der Waals surface area (Å²) >= 11 is 0. The van der Waals surface area contributed by atoms with Gasteiger partial charge >= 0.3 is 6.61 Å². The molecule has 0 spiro atoms. The van der Waals surface area contributed by atoms with Crippen molar-refractivity contribution in [3.8, 4) is 5.88 Å². The molecular weight excluding hydrogens is 214 g/mol. The van der Waals surface area contributed by atoms with Gasteiger partial charge in [-0.2, -0.15) is 13.8 Å². The molecule has 2 aromatic heterocycles. The second kappa shape index (κ2) is 4.08. The Hall–Kier alpha value is -1.65. The fraction of sp³-hybridized carbons (Fsp3) is 0.364. The number of ether oxygens (including phenoxy) is 1. The van der Waals surface area contributed by atoms with Crippen molar-refractivity contribution in [2.75, 3.05) is 0 Å². The number of H-pyrrole nitrogens is 1. The molecule has 0 saturated heterocycles. The van der Waals surface area contributed by atoms with E-state index in [0.29, 0.717) is 11.2 Å². The fourth-order valence-electron chi connectivity index (χ4n) is 1.57. The zero-order chi connectivity index (χ0) is 11.7. The van der Waals surface area contributed by atoms with Crippen LogP contribution >= 0.6 is 0 Å². The lowest BCUT2D eigenvalue weighted by atomic mass is 10.0. The Bertz CT molecular complexity index is 494. The van der Waals surface area contributed by atoms with E-state index in [-0.39, 0.29) is 11.8 Å². The zero-order valence-electron chi connectivity index (χ0n) is 9.00. The first-order valence-electron chi connectivity index (χ1n) is 5.00. The van der Waals surface area contributed by atoms with Gasteiger partial charge in [0.1, 0.15) is 5.65 Å². The summed E-state index contributed by atoms with van der Waals surface area (Å²) in [7, 11) is 0. The third-order valence-electron chi connectivity index (χ3n) is 2.35. The molecule has 0 fully saturated rings. The van der Waals surface area contributed by atoms with Crippen LogP contribution < -0.4 is 4.74 Å². The van der Waals surface area contributed by atoms with Gasteiger partial charge in [0.05, 0.1) is 0 Å². The van der Waals surface area contributed by atoms with Crippen molar-refractivity contribution in [1.29, 1.82) is 0 Å². The first kappa shape index (κ1) is 10.9. The number of aromatic amines is 1. The number of hydrogen-bond acceptors (Lipinski definition) is 2. The van der Waals surface area contributed by atoms with Gasteiger partial charge in [-0.1, -0.05) is 13.8 Å². The van der Waals surface area contributed by atoms with Gasteiger partial charge in [0.2, 0.25) is 5.88 Å². The molecule has 16 heavy (non-hydrogen) atoms. The Morgan fingerprint density at radius 3 is 2.75 bits per heavy atom. The third-order valence-corrected chi connectivity index (χ3v) is 2.35. The predicted octanol–water partition coefficient (Wildman–Crippen LogP) is 3.29. The lowest BCUT2D eigenvalue weighted by molar-refractivity contribution is -0.0534. The van der Waals surface area contributed by atoms with E-state index in [1.165, 1.54) is 0 Å². The van der Waals surface area contributed by atoms with Gasteiger partial charge in [0, 0.05) is 17.1 Å². The van der Waals surface area contributed by atoms with Gasteiger partial charge in [-0.3, -0.25) is 0 Å². The van der Waals surface area contributed by atoms with Crippen LogP contribution in [0.15, 0.2) is 18.3 Å². The number of rotatable bonds is 3. The van der Waals surface area contributed by atoms with E-state index in [9.17, 15) is 8.78 Å². The Morgan fingerprint density at radius 1 is 1.38 bits per heavy atom. The molecule has 0 unspecified atom stereocenters. The molecule has 0 bridgehead atoms. The van der Waals surface area contributed by atoms with E-state index >= 15 is 0 Å². The first-order valence-corrected chi connectivity index (χ1v) is 5.00. The van der Waals surface area contributed by atoms with E-state index < -0.39 is 6.61 Å². The number of fused-ring (bicyclic) bond motifs is 1. The van der Waals surface area contributed by atoms with Gasteiger partial charge in [-0.25, -0.2) is 0 Å². The van der Waals surface area contributed by atoms with Crippen LogP contribution in [0.4, 0.5) is 8.78 Å². The van der Waals surface area contributed by atoms with Crippen molar-refractivity contribution in [2.24, 2.45) is 0 Å². The van der Waals surface area contributed by atoms with E-state index in [0.717, 1.165) is 5.39 Å². The highest BCUT2D eigenvalue weighted by molar-refractivity contribution is 5.77. The molecule has 0 aliphatic carbocycles. The molecular formula is C11H12F2N2O. The van der Waals surface area contributed by atoms with Gasteiger partial charge in [0.25, 0.3) is 0 Å². The van der Waals surface area contributed by atoms with Gasteiger partial charge in [0.15, 0.2) is 0 Å². The molecule has 1 N–H and O–H groups in total. The minimum absolute atomic E-state index is 0.0000463. The Morgan fingerprint density at radius 2 is 2.12 bits per heavy atom. The number of aromatic nitrogens is 2. The van der Waals surface area contributed by atoms with Crippen molar-refractivity contribution >= 4 is 11.0 Å². The van der Waals surface area contributed by atoms with Crippen LogP contribution in [-0.4, -0.2) is 16.6 Å². The average Bonchev–Trinajstić information content (AvgIpc) is 2.62. The largest absolute Gasteiger partial charge is 0.417 e. The smallest absolute Gasteiger partial charge is 0.388 e. The monoisotopic (exact) mass is 226 g/mol. The van der Waals surface area contributed by atoms with E-state index in [1.54, 1.807) is 6.20 Å². The molecule has 3 nitrogen and oxygen atoms in total. The maximum Gasteiger partial charge on any atom is 0.388 e. The molecule has 0 amide bonds. The van der Waals surface area contributed by atoms with Gasteiger partial charge in [-0.05, 0) is 18.1 Å². The number of nitrogens with one attached hydrogen (secondary N) is 1. The molecule has 0 aliphatic heterocycles. The van der Waals surface area contributed by atoms with E-state index in [2.05, 4.69) is 14.7 Å². The molecule has 2 heterocycles. The van der Waals surface area contributed by atoms with Crippen LogP contribution in [-0.2, 0) is 0 Å². The minimum Gasteiger partial charge on any atom is -0.417 e. The van der Waals surface area contributed by atoms with Crippen molar-refractivity contribution in [3.05, 3.63) is 23.9 Å². The van der Waals surface area contributed by atoms with Crippen molar-refractivity contribution < 1.29 is 13.5 Å². The molecule has 0 aliphatic rings. The molecule has 86 valence electrons. The standard InChI is InChI=1S/C11H12F2N2O/c1-6(2)8-5-7-3-4-14-9(7)15-10(8)16-11(12)13/h3-6,11H,1-2H3,(H,14,15). The van der Waals surface area contributed by atoms with E-state index in [1.807, 2.05) is 26.0 Å². The first-order chi connectivity index (χ1) is 7.58. The third kappa shape index (κ3) is 1.98. The average molecular weight is 226 g/mol. The second-order valence-electron chi connectivity index (χ2n) is 3.83. The summed E-state index contributed by atoms with van der Waals surface area (Å²) < 4.78 is 28.9. The lowest BCUT2D eigenvalue weighted by Gasteiger charge is -2.12. The molecule has 0 radical (unpaired) electrons. The topological polar surface area (TPSA) is 37.9 Å². The zero-order valence-corrected chi connectivity index (χ0v) is 9.00. The highest BCUT2D eigenvalue weighted by Crippen LogP contribution is 2.28. The summed E-state index contributed by atoms with van der Waals surface area (Å²) in [5.41, 5.74) is 1.24. The number of pyridine rings is 1. The second-order valence-corrected chi connectivity index (χ2v) is 3.83. The van der Waals surface area contributed by atoms with Crippen LogP contribution in [0, 0.1) is 0 Å².